The Labute approximate surface area is 82.1 Å². The van der Waals surface area contributed by atoms with Crippen LogP contribution >= 0.6 is 0 Å². The molecule has 1 aromatic carbocycles. The van der Waals surface area contributed by atoms with Crippen molar-refractivity contribution in [2.45, 2.75) is 0 Å². The Morgan fingerprint density at radius 1 is 1.31 bits per heavy atom. The number of halogens is 1. The molecule has 1 heterocycles. The molecular formula is C8H12ClN3O. The SMILES string of the molecule is C[n+]1c(N)[nH]c2ccccc21.O.[Cl-]. The standard InChI is InChI=1S/C8H9N3.ClH.H2O/c1-11-7-5-3-2-4-6(7)10-8(11)9;;/h2-5H,1H3,(H2,9,10);1H;1H2. The van der Waals surface area contributed by atoms with E-state index in [1.165, 1.54) is 0 Å². The molecule has 0 aliphatic heterocycles. The van der Waals surface area contributed by atoms with Crippen LogP contribution in [0.1, 0.15) is 0 Å². The number of H-pyrrole nitrogens is 1. The molecule has 72 valence electrons. The van der Waals surface area contributed by atoms with Gasteiger partial charge in [0, 0.05) is 0 Å². The first-order valence-corrected chi connectivity index (χ1v) is 3.51. The molecule has 0 saturated carbocycles. The second kappa shape index (κ2) is 4.11. The minimum absolute atomic E-state index is 0. The Hall–Kier alpha value is -1.26. The molecule has 1 aromatic heterocycles. The Morgan fingerprint density at radius 2 is 1.92 bits per heavy atom. The van der Waals surface area contributed by atoms with Gasteiger partial charge in [-0.3, -0.25) is 5.73 Å². The number of nitrogens with one attached hydrogen (secondary N) is 1. The third kappa shape index (κ3) is 1.74. The van der Waals surface area contributed by atoms with Crippen molar-refractivity contribution in [3.63, 3.8) is 0 Å². The van der Waals surface area contributed by atoms with Crippen LogP contribution in [0.2, 0.25) is 0 Å². The molecule has 5 N–H and O–H groups in total. The lowest BCUT2D eigenvalue weighted by Crippen LogP contribution is -3.00. The van der Waals surface area contributed by atoms with Crippen molar-refractivity contribution in [1.29, 1.82) is 0 Å². The molecule has 0 radical (unpaired) electrons. The third-order valence-electron chi connectivity index (χ3n) is 1.89. The number of fused-ring (bicyclic) bond motifs is 1. The van der Waals surface area contributed by atoms with Crippen molar-refractivity contribution in [3.8, 4) is 0 Å². The second-order valence-corrected chi connectivity index (χ2v) is 2.59. The summed E-state index contributed by atoms with van der Waals surface area (Å²) in [5.41, 5.74) is 7.87. The van der Waals surface area contributed by atoms with E-state index >= 15 is 0 Å². The first-order chi connectivity index (χ1) is 5.29. The monoisotopic (exact) mass is 201 g/mol. The number of benzene rings is 1. The zero-order valence-electron chi connectivity index (χ0n) is 7.21. The maximum absolute atomic E-state index is 5.66. The minimum atomic E-state index is 0. The third-order valence-corrected chi connectivity index (χ3v) is 1.89. The van der Waals surface area contributed by atoms with E-state index in [4.69, 9.17) is 5.73 Å². The summed E-state index contributed by atoms with van der Waals surface area (Å²) >= 11 is 0. The number of anilines is 1. The number of aromatic nitrogens is 2. The maximum Gasteiger partial charge on any atom is 0.353 e. The summed E-state index contributed by atoms with van der Waals surface area (Å²) < 4.78 is 1.93. The molecule has 0 amide bonds. The Kier molecular flexibility index (Phi) is 3.71. The van der Waals surface area contributed by atoms with Crippen LogP contribution in [0.15, 0.2) is 24.3 Å². The van der Waals surface area contributed by atoms with Gasteiger partial charge in [-0.15, -0.1) is 0 Å². The number of hydrogen-bond acceptors (Lipinski definition) is 1. The van der Waals surface area contributed by atoms with Crippen molar-refractivity contribution >= 4 is 17.0 Å². The summed E-state index contributed by atoms with van der Waals surface area (Å²) in [5, 5.41) is 0. The van der Waals surface area contributed by atoms with Crippen molar-refractivity contribution in [3.05, 3.63) is 24.3 Å². The van der Waals surface area contributed by atoms with E-state index in [1.54, 1.807) is 0 Å². The van der Waals surface area contributed by atoms with E-state index in [1.807, 2.05) is 35.9 Å². The first kappa shape index (κ1) is 11.7. The molecule has 0 aliphatic carbocycles. The van der Waals surface area contributed by atoms with Crippen LogP contribution in [0.3, 0.4) is 0 Å². The van der Waals surface area contributed by atoms with Gasteiger partial charge in [0.1, 0.15) is 11.0 Å². The lowest BCUT2D eigenvalue weighted by molar-refractivity contribution is -0.629. The van der Waals surface area contributed by atoms with Gasteiger partial charge in [-0.1, -0.05) is 12.1 Å². The summed E-state index contributed by atoms with van der Waals surface area (Å²) in [6.45, 7) is 0. The van der Waals surface area contributed by atoms with Crippen molar-refractivity contribution < 1.29 is 22.5 Å². The van der Waals surface area contributed by atoms with Crippen molar-refractivity contribution in [2.75, 3.05) is 5.73 Å². The Balaban J connectivity index is 0.000000720. The predicted octanol–water partition coefficient (Wildman–Crippen LogP) is -3.25. The van der Waals surface area contributed by atoms with Gasteiger partial charge in [0.05, 0.1) is 7.05 Å². The number of imidazole rings is 1. The van der Waals surface area contributed by atoms with E-state index in [0.717, 1.165) is 11.0 Å². The zero-order valence-corrected chi connectivity index (χ0v) is 7.97. The molecule has 5 heteroatoms. The van der Waals surface area contributed by atoms with Crippen molar-refractivity contribution in [1.82, 2.24) is 4.98 Å². The fourth-order valence-electron chi connectivity index (χ4n) is 1.22. The number of aromatic amines is 1. The molecule has 0 aliphatic rings. The van der Waals surface area contributed by atoms with Gasteiger partial charge in [0.15, 0.2) is 0 Å². The van der Waals surface area contributed by atoms with E-state index < -0.39 is 0 Å². The largest absolute Gasteiger partial charge is 1.00 e. The van der Waals surface area contributed by atoms with Crippen LogP contribution in [-0.4, -0.2) is 10.5 Å². The molecule has 0 spiro atoms. The van der Waals surface area contributed by atoms with Gasteiger partial charge in [-0.25, -0.2) is 9.55 Å². The van der Waals surface area contributed by atoms with Gasteiger partial charge in [0.2, 0.25) is 0 Å². The molecule has 0 atom stereocenters. The van der Waals surface area contributed by atoms with Crippen molar-refractivity contribution in [2.24, 2.45) is 7.05 Å². The molecule has 4 nitrogen and oxygen atoms in total. The van der Waals surface area contributed by atoms with Crippen LogP contribution in [0.5, 0.6) is 0 Å². The van der Waals surface area contributed by atoms with Gasteiger partial charge in [0.25, 0.3) is 0 Å². The molecule has 2 aromatic rings. The number of rotatable bonds is 0. The highest BCUT2D eigenvalue weighted by atomic mass is 35.5. The van der Waals surface area contributed by atoms with Gasteiger partial charge < -0.3 is 17.9 Å². The highest BCUT2D eigenvalue weighted by Crippen LogP contribution is 2.07. The number of nitrogen functional groups attached to an aromatic ring is 1. The summed E-state index contributed by atoms with van der Waals surface area (Å²) in [6, 6.07) is 8.02. The van der Waals surface area contributed by atoms with E-state index in [-0.39, 0.29) is 17.9 Å². The molecule has 2 rings (SSSR count). The summed E-state index contributed by atoms with van der Waals surface area (Å²) in [4.78, 5) is 3.07. The number of hydrogen-bond donors (Lipinski definition) is 2. The fourth-order valence-corrected chi connectivity index (χ4v) is 1.22. The van der Waals surface area contributed by atoms with Crippen LogP contribution < -0.4 is 22.7 Å². The van der Waals surface area contributed by atoms with E-state index in [9.17, 15) is 0 Å². The topological polar surface area (TPSA) is 77.2 Å². The summed E-state index contributed by atoms with van der Waals surface area (Å²) in [7, 11) is 1.94. The molecule has 0 fully saturated rings. The average molecular weight is 202 g/mol. The predicted molar refractivity (Wildman–Crippen MR) is 47.5 cm³/mol. The maximum atomic E-state index is 5.66. The smallest absolute Gasteiger partial charge is 0.353 e. The fraction of sp³-hybridized carbons (Fsp3) is 0.125. The lowest BCUT2D eigenvalue weighted by atomic mass is 10.3. The van der Waals surface area contributed by atoms with E-state index in [0.29, 0.717) is 5.95 Å². The molecule has 0 saturated heterocycles. The average Bonchev–Trinajstić information content (AvgIpc) is 2.30. The molecule has 0 unspecified atom stereocenters. The van der Waals surface area contributed by atoms with Gasteiger partial charge in [-0.2, -0.15) is 0 Å². The van der Waals surface area contributed by atoms with Gasteiger partial charge in [-0.05, 0) is 12.1 Å². The zero-order chi connectivity index (χ0) is 7.84. The normalized spacial score (nSPS) is 9.00. The van der Waals surface area contributed by atoms with Crippen LogP contribution in [0.25, 0.3) is 11.0 Å². The van der Waals surface area contributed by atoms with Crippen LogP contribution in [0, 0.1) is 0 Å². The minimum Gasteiger partial charge on any atom is -1.00 e. The molecule has 13 heavy (non-hydrogen) atoms. The van der Waals surface area contributed by atoms with E-state index in [2.05, 4.69) is 4.98 Å². The number of nitrogens with two attached hydrogens (primary N) is 1. The Morgan fingerprint density at radius 3 is 2.54 bits per heavy atom. The summed E-state index contributed by atoms with van der Waals surface area (Å²) in [5.74, 6) is 0.686. The highest BCUT2D eigenvalue weighted by Gasteiger charge is 2.07. The molecular weight excluding hydrogens is 190 g/mol. The Bertz CT molecular complexity index is 399. The summed E-state index contributed by atoms with van der Waals surface area (Å²) in [6.07, 6.45) is 0. The van der Waals surface area contributed by atoms with Gasteiger partial charge >= 0.3 is 5.95 Å². The quantitative estimate of drug-likeness (QED) is 0.432. The number of aryl methyl sites for hydroxylation is 1. The van der Waals surface area contributed by atoms with Crippen LogP contribution in [-0.2, 0) is 7.05 Å². The number of nitrogens with zero attached hydrogens (tertiary/aromatic N) is 1. The highest BCUT2D eigenvalue weighted by molar-refractivity contribution is 5.72. The number of para-hydroxylation sites is 2. The first-order valence-electron chi connectivity index (χ1n) is 3.51. The van der Waals surface area contributed by atoms with Crippen LogP contribution in [0.4, 0.5) is 5.95 Å². The second-order valence-electron chi connectivity index (χ2n) is 2.59. The lowest BCUT2D eigenvalue weighted by Gasteiger charge is -1.86. The molecule has 0 bridgehead atoms.